The van der Waals surface area contributed by atoms with Crippen molar-refractivity contribution in [2.75, 3.05) is 6.61 Å². The monoisotopic (exact) mass is 364 g/mol. The molecule has 0 aliphatic carbocycles. The normalized spacial score (nSPS) is 10.5. The highest BCUT2D eigenvalue weighted by Gasteiger charge is 2.04. The highest BCUT2D eigenvalue weighted by atomic mass is 79.9. The highest BCUT2D eigenvalue weighted by Crippen LogP contribution is 2.20. The van der Waals surface area contributed by atoms with Crippen LogP contribution in [0.25, 0.3) is 0 Å². The average Bonchev–Trinajstić information content (AvgIpc) is 2.91. The third kappa shape index (κ3) is 4.84. The summed E-state index contributed by atoms with van der Waals surface area (Å²) in [5, 5.41) is 3.92. The van der Waals surface area contributed by atoms with Crippen LogP contribution in [0.15, 0.2) is 57.9 Å². The van der Waals surface area contributed by atoms with Crippen molar-refractivity contribution in [3.63, 3.8) is 0 Å². The van der Waals surface area contributed by atoms with Crippen LogP contribution in [0.3, 0.4) is 0 Å². The molecule has 0 aliphatic rings. The minimum Gasteiger partial charge on any atom is -0.490 e. The molecule has 1 amide bonds. The van der Waals surface area contributed by atoms with Crippen molar-refractivity contribution in [1.82, 2.24) is 5.43 Å². The molecule has 0 spiro atoms. The maximum Gasteiger partial charge on any atom is 0.271 e. The van der Waals surface area contributed by atoms with E-state index in [1.807, 2.05) is 12.1 Å². The van der Waals surface area contributed by atoms with Gasteiger partial charge in [0.15, 0.2) is 0 Å². The molecule has 0 atom stereocenters. The van der Waals surface area contributed by atoms with E-state index in [9.17, 15) is 4.79 Å². The summed E-state index contributed by atoms with van der Waals surface area (Å²) in [5.41, 5.74) is 3.00. The largest absolute Gasteiger partial charge is 0.490 e. The standard InChI is InChI=1S/C15H13BrN2O2S/c1-2-9-20-12-5-3-11(4-6-12)15(19)18-17-10-13-7-8-14(16)21-13/h2-8,10H,1,9H2,(H,18,19). The van der Waals surface area contributed by atoms with Gasteiger partial charge in [-0.3, -0.25) is 4.79 Å². The Kier molecular flexibility index (Phi) is 5.71. The van der Waals surface area contributed by atoms with Gasteiger partial charge in [0.2, 0.25) is 0 Å². The minimum atomic E-state index is -0.267. The van der Waals surface area contributed by atoms with Crippen LogP contribution in [-0.4, -0.2) is 18.7 Å². The van der Waals surface area contributed by atoms with Crippen molar-refractivity contribution in [3.05, 3.63) is 63.3 Å². The molecule has 6 heteroatoms. The first-order valence-corrected chi connectivity index (χ1v) is 7.72. The third-order valence-electron chi connectivity index (χ3n) is 2.44. The van der Waals surface area contributed by atoms with E-state index in [0.717, 1.165) is 8.66 Å². The summed E-state index contributed by atoms with van der Waals surface area (Å²) >= 11 is 4.90. The molecule has 0 saturated heterocycles. The predicted molar refractivity (Wildman–Crippen MR) is 89.2 cm³/mol. The smallest absolute Gasteiger partial charge is 0.271 e. The molecule has 0 aliphatic heterocycles. The number of carbonyl (C=O) groups is 1. The van der Waals surface area contributed by atoms with Crippen molar-refractivity contribution in [3.8, 4) is 5.75 Å². The van der Waals surface area contributed by atoms with E-state index in [-0.39, 0.29) is 5.91 Å². The maximum atomic E-state index is 11.9. The third-order valence-corrected chi connectivity index (χ3v) is 3.99. The fraction of sp³-hybridized carbons (Fsp3) is 0.0667. The average molecular weight is 365 g/mol. The topological polar surface area (TPSA) is 50.7 Å². The van der Waals surface area contributed by atoms with Gasteiger partial charge in [0.25, 0.3) is 5.91 Å². The lowest BCUT2D eigenvalue weighted by Crippen LogP contribution is -2.17. The van der Waals surface area contributed by atoms with Gasteiger partial charge >= 0.3 is 0 Å². The molecular formula is C15H13BrN2O2S. The van der Waals surface area contributed by atoms with E-state index < -0.39 is 0 Å². The molecule has 1 N–H and O–H groups in total. The first kappa shape index (κ1) is 15.5. The Balaban J connectivity index is 1.90. The molecule has 0 bridgehead atoms. The second kappa shape index (κ2) is 7.75. The summed E-state index contributed by atoms with van der Waals surface area (Å²) in [7, 11) is 0. The van der Waals surface area contributed by atoms with E-state index in [4.69, 9.17) is 4.74 Å². The van der Waals surface area contributed by atoms with Gasteiger partial charge in [-0.05, 0) is 52.3 Å². The maximum absolute atomic E-state index is 11.9. The van der Waals surface area contributed by atoms with Gasteiger partial charge in [-0.1, -0.05) is 12.7 Å². The van der Waals surface area contributed by atoms with Gasteiger partial charge in [0.1, 0.15) is 12.4 Å². The quantitative estimate of drug-likeness (QED) is 0.480. The molecule has 1 heterocycles. The molecule has 108 valence electrons. The minimum absolute atomic E-state index is 0.267. The Bertz CT molecular complexity index is 650. The first-order valence-electron chi connectivity index (χ1n) is 6.11. The number of nitrogens with one attached hydrogen (secondary N) is 1. The van der Waals surface area contributed by atoms with Crippen LogP contribution >= 0.6 is 27.3 Å². The van der Waals surface area contributed by atoms with E-state index in [1.54, 1.807) is 36.6 Å². The summed E-state index contributed by atoms with van der Waals surface area (Å²) in [6.07, 6.45) is 3.27. The van der Waals surface area contributed by atoms with Crippen LogP contribution in [0.2, 0.25) is 0 Å². The Morgan fingerprint density at radius 3 is 2.71 bits per heavy atom. The van der Waals surface area contributed by atoms with Crippen LogP contribution in [0.5, 0.6) is 5.75 Å². The highest BCUT2D eigenvalue weighted by molar-refractivity contribution is 9.11. The van der Waals surface area contributed by atoms with Crippen LogP contribution < -0.4 is 10.2 Å². The molecular weight excluding hydrogens is 352 g/mol. The summed E-state index contributed by atoms with van der Waals surface area (Å²) < 4.78 is 6.37. The van der Waals surface area contributed by atoms with E-state index in [1.165, 1.54) is 11.3 Å². The van der Waals surface area contributed by atoms with Crippen molar-refractivity contribution in [2.24, 2.45) is 5.10 Å². The van der Waals surface area contributed by atoms with Crippen LogP contribution in [0, 0.1) is 0 Å². The number of rotatable bonds is 6. The number of hydrazone groups is 1. The number of amides is 1. The van der Waals surface area contributed by atoms with Gasteiger partial charge in [-0.15, -0.1) is 11.3 Å². The van der Waals surface area contributed by atoms with Gasteiger partial charge in [-0.25, -0.2) is 5.43 Å². The molecule has 21 heavy (non-hydrogen) atoms. The number of hydrogen-bond acceptors (Lipinski definition) is 4. The lowest BCUT2D eigenvalue weighted by Gasteiger charge is -2.04. The Labute approximate surface area is 135 Å². The molecule has 2 rings (SSSR count). The lowest BCUT2D eigenvalue weighted by molar-refractivity contribution is 0.0955. The molecule has 4 nitrogen and oxygen atoms in total. The number of ether oxygens (including phenoxy) is 1. The van der Waals surface area contributed by atoms with Crippen LogP contribution in [-0.2, 0) is 0 Å². The van der Waals surface area contributed by atoms with Gasteiger partial charge < -0.3 is 4.74 Å². The van der Waals surface area contributed by atoms with E-state index >= 15 is 0 Å². The molecule has 0 radical (unpaired) electrons. The summed E-state index contributed by atoms with van der Waals surface area (Å²) in [6, 6.07) is 10.7. The second-order valence-electron chi connectivity index (χ2n) is 3.97. The fourth-order valence-corrected chi connectivity index (χ4v) is 2.77. The van der Waals surface area contributed by atoms with Crippen molar-refractivity contribution in [2.45, 2.75) is 0 Å². The molecule has 1 aromatic heterocycles. The molecule has 0 unspecified atom stereocenters. The zero-order valence-corrected chi connectivity index (χ0v) is 13.5. The fourth-order valence-electron chi connectivity index (χ4n) is 1.47. The van der Waals surface area contributed by atoms with Crippen LogP contribution in [0.4, 0.5) is 0 Å². The van der Waals surface area contributed by atoms with Crippen LogP contribution in [0.1, 0.15) is 15.2 Å². The summed E-state index contributed by atoms with van der Waals surface area (Å²) in [4.78, 5) is 12.8. The molecule has 0 fully saturated rings. The number of benzene rings is 1. The molecule has 2 aromatic rings. The molecule has 1 aromatic carbocycles. The second-order valence-corrected chi connectivity index (χ2v) is 6.46. The Morgan fingerprint density at radius 1 is 1.33 bits per heavy atom. The first-order chi connectivity index (χ1) is 10.2. The van der Waals surface area contributed by atoms with Crippen molar-refractivity contribution in [1.29, 1.82) is 0 Å². The predicted octanol–water partition coefficient (Wildman–Crippen LogP) is 3.84. The van der Waals surface area contributed by atoms with Crippen molar-refractivity contribution < 1.29 is 9.53 Å². The van der Waals surface area contributed by atoms with E-state index in [2.05, 4.69) is 33.0 Å². The van der Waals surface area contributed by atoms with Gasteiger partial charge in [0, 0.05) is 10.4 Å². The lowest BCUT2D eigenvalue weighted by atomic mass is 10.2. The number of carbonyl (C=O) groups excluding carboxylic acids is 1. The number of hydrogen-bond donors (Lipinski definition) is 1. The SMILES string of the molecule is C=CCOc1ccc(C(=O)NN=Cc2ccc(Br)s2)cc1. The van der Waals surface area contributed by atoms with Crippen molar-refractivity contribution >= 4 is 39.4 Å². The summed E-state index contributed by atoms with van der Waals surface area (Å²) in [5.74, 6) is 0.426. The Hall–Kier alpha value is -1.92. The number of nitrogens with zero attached hydrogens (tertiary/aromatic N) is 1. The molecule has 0 saturated carbocycles. The van der Waals surface area contributed by atoms with Gasteiger partial charge in [0.05, 0.1) is 10.0 Å². The van der Waals surface area contributed by atoms with Gasteiger partial charge in [-0.2, -0.15) is 5.10 Å². The number of thiophene rings is 1. The van der Waals surface area contributed by atoms with E-state index in [0.29, 0.717) is 17.9 Å². The number of halogens is 1. The summed E-state index contributed by atoms with van der Waals surface area (Å²) in [6.45, 7) is 4.01. The Morgan fingerprint density at radius 2 is 2.10 bits per heavy atom. The zero-order valence-electron chi connectivity index (χ0n) is 11.1. The zero-order chi connectivity index (χ0) is 15.1.